The van der Waals surface area contributed by atoms with Crippen molar-refractivity contribution in [3.8, 4) is 5.75 Å². The summed E-state index contributed by atoms with van der Waals surface area (Å²) in [6, 6.07) is 5.00. The number of hydrogen-bond acceptors (Lipinski definition) is 3. The molecule has 1 atom stereocenters. The van der Waals surface area contributed by atoms with Crippen LogP contribution in [0.5, 0.6) is 5.75 Å². The second-order valence-corrected chi connectivity index (χ2v) is 5.51. The molecule has 1 aromatic rings. The molecular formula is C16H26N2O. The standard InChI is InChI=1S/C16H26N2O/c1-12-9-13(2)15(16(10-12)19-3)6-8-18-14-5-4-7-17-11-14/h9-10,14,17-18H,4-8,11H2,1-3H3. The maximum absolute atomic E-state index is 5.51. The molecule has 1 aromatic carbocycles. The molecule has 0 radical (unpaired) electrons. The quantitative estimate of drug-likeness (QED) is 0.853. The fourth-order valence-corrected chi connectivity index (χ4v) is 2.89. The molecule has 3 nitrogen and oxygen atoms in total. The Hall–Kier alpha value is -1.06. The van der Waals surface area contributed by atoms with E-state index in [0.717, 1.165) is 25.3 Å². The molecule has 1 saturated heterocycles. The number of nitrogens with one attached hydrogen (secondary N) is 2. The van der Waals surface area contributed by atoms with Crippen LogP contribution in [0.2, 0.25) is 0 Å². The second kappa shape index (κ2) is 6.92. The van der Waals surface area contributed by atoms with E-state index in [1.165, 1.54) is 36.1 Å². The first-order chi connectivity index (χ1) is 9.20. The van der Waals surface area contributed by atoms with Gasteiger partial charge in [0.15, 0.2) is 0 Å². The van der Waals surface area contributed by atoms with E-state index in [4.69, 9.17) is 4.74 Å². The Morgan fingerprint density at radius 3 is 2.89 bits per heavy atom. The zero-order valence-corrected chi connectivity index (χ0v) is 12.4. The first kappa shape index (κ1) is 14.4. The fourth-order valence-electron chi connectivity index (χ4n) is 2.89. The molecule has 0 aromatic heterocycles. The van der Waals surface area contributed by atoms with Crippen molar-refractivity contribution in [1.82, 2.24) is 10.6 Å². The Bertz CT molecular complexity index is 411. The van der Waals surface area contributed by atoms with Gasteiger partial charge in [0.25, 0.3) is 0 Å². The Morgan fingerprint density at radius 2 is 2.21 bits per heavy atom. The molecule has 3 heteroatoms. The van der Waals surface area contributed by atoms with E-state index < -0.39 is 0 Å². The largest absolute Gasteiger partial charge is 0.496 e. The van der Waals surface area contributed by atoms with E-state index in [0.29, 0.717) is 6.04 Å². The third kappa shape index (κ3) is 3.95. The van der Waals surface area contributed by atoms with Crippen LogP contribution in [0.3, 0.4) is 0 Å². The second-order valence-electron chi connectivity index (χ2n) is 5.51. The van der Waals surface area contributed by atoms with Gasteiger partial charge in [0.1, 0.15) is 5.75 Å². The van der Waals surface area contributed by atoms with Crippen LogP contribution in [0.4, 0.5) is 0 Å². The van der Waals surface area contributed by atoms with Crippen molar-refractivity contribution < 1.29 is 4.74 Å². The smallest absolute Gasteiger partial charge is 0.122 e. The van der Waals surface area contributed by atoms with Crippen molar-refractivity contribution in [3.05, 3.63) is 28.8 Å². The lowest BCUT2D eigenvalue weighted by molar-refractivity contribution is 0.387. The number of rotatable bonds is 5. The van der Waals surface area contributed by atoms with E-state index >= 15 is 0 Å². The summed E-state index contributed by atoms with van der Waals surface area (Å²) < 4.78 is 5.51. The first-order valence-corrected chi connectivity index (χ1v) is 7.29. The number of ether oxygens (including phenoxy) is 1. The predicted octanol–water partition coefficient (Wildman–Crippen LogP) is 2.20. The van der Waals surface area contributed by atoms with Gasteiger partial charge in [-0.1, -0.05) is 6.07 Å². The zero-order chi connectivity index (χ0) is 13.7. The van der Waals surface area contributed by atoms with Crippen LogP contribution in [-0.2, 0) is 6.42 Å². The third-order valence-electron chi connectivity index (χ3n) is 3.90. The Kier molecular flexibility index (Phi) is 5.23. The minimum atomic E-state index is 0.630. The Labute approximate surface area is 116 Å². The highest BCUT2D eigenvalue weighted by molar-refractivity contribution is 5.43. The molecule has 1 aliphatic heterocycles. The molecule has 1 heterocycles. The summed E-state index contributed by atoms with van der Waals surface area (Å²) in [6.45, 7) is 7.58. The maximum atomic E-state index is 5.51. The molecule has 0 aliphatic carbocycles. The van der Waals surface area contributed by atoms with Crippen LogP contribution < -0.4 is 15.4 Å². The van der Waals surface area contributed by atoms with Gasteiger partial charge >= 0.3 is 0 Å². The fraction of sp³-hybridized carbons (Fsp3) is 0.625. The van der Waals surface area contributed by atoms with Crippen molar-refractivity contribution in [2.45, 2.75) is 39.2 Å². The number of benzene rings is 1. The lowest BCUT2D eigenvalue weighted by Gasteiger charge is -2.24. The van der Waals surface area contributed by atoms with Gasteiger partial charge in [0.2, 0.25) is 0 Å². The average molecular weight is 262 g/mol. The average Bonchev–Trinajstić information content (AvgIpc) is 2.42. The van der Waals surface area contributed by atoms with Gasteiger partial charge < -0.3 is 15.4 Å². The molecule has 0 spiro atoms. The summed E-state index contributed by atoms with van der Waals surface area (Å²) in [5.41, 5.74) is 3.94. The van der Waals surface area contributed by atoms with Crippen LogP contribution in [0, 0.1) is 13.8 Å². The number of methoxy groups -OCH3 is 1. The number of piperidine rings is 1. The lowest BCUT2D eigenvalue weighted by Crippen LogP contribution is -2.43. The van der Waals surface area contributed by atoms with E-state index in [-0.39, 0.29) is 0 Å². The Balaban J connectivity index is 1.91. The summed E-state index contributed by atoms with van der Waals surface area (Å²) in [7, 11) is 1.76. The van der Waals surface area contributed by atoms with E-state index in [9.17, 15) is 0 Å². The minimum Gasteiger partial charge on any atom is -0.496 e. The summed E-state index contributed by atoms with van der Waals surface area (Å²) >= 11 is 0. The summed E-state index contributed by atoms with van der Waals surface area (Å²) in [5.74, 6) is 1.03. The highest BCUT2D eigenvalue weighted by Gasteiger charge is 2.13. The van der Waals surface area contributed by atoms with Gasteiger partial charge in [-0.3, -0.25) is 0 Å². The number of hydrogen-bond donors (Lipinski definition) is 2. The van der Waals surface area contributed by atoms with E-state index in [2.05, 4.69) is 36.6 Å². The maximum Gasteiger partial charge on any atom is 0.122 e. The van der Waals surface area contributed by atoms with Crippen LogP contribution >= 0.6 is 0 Å². The van der Waals surface area contributed by atoms with Crippen molar-refractivity contribution in [2.24, 2.45) is 0 Å². The van der Waals surface area contributed by atoms with Crippen molar-refractivity contribution in [3.63, 3.8) is 0 Å². The molecule has 19 heavy (non-hydrogen) atoms. The third-order valence-corrected chi connectivity index (χ3v) is 3.90. The molecule has 0 saturated carbocycles. The zero-order valence-electron chi connectivity index (χ0n) is 12.4. The van der Waals surface area contributed by atoms with Gasteiger partial charge in [0.05, 0.1) is 7.11 Å². The Morgan fingerprint density at radius 1 is 1.37 bits per heavy atom. The van der Waals surface area contributed by atoms with Crippen LogP contribution in [0.1, 0.15) is 29.5 Å². The molecule has 2 rings (SSSR count). The van der Waals surface area contributed by atoms with E-state index in [1.807, 2.05) is 0 Å². The van der Waals surface area contributed by atoms with Crippen molar-refractivity contribution in [2.75, 3.05) is 26.7 Å². The molecule has 0 amide bonds. The topological polar surface area (TPSA) is 33.3 Å². The van der Waals surface area contributed by atoms with Gasteiger partial charge in [-0.25, -0.2) is 0 Å². The molecule has 2 N–H and O–H groups in total. The van der Waals surface area contributed by atoms with Crippen molar-refractivity contribution in [1.29, 1.82) is 0 Å². The predicted molar refractivity (Wildman–Crippen MR) is 80.1 cm³/mol. The summed E-state index contributed by atoms with van der Waals surface area (Å²) in [6.07, 6.45) is 3.60. The number of aryl methyl sites for hydroxylation is 2. The van der Waals surface area contributed by atoms with Gasteiger partial charge in [-0.2, -0.15) is 0 Å². The summed E-state index contributed by atoms with van der Waals surface area (Å²) in [5, 5.41) is 7.08. The van der Waals surface area contributed by atoms with E-state index in [1.54, 1.807) is 7.11 Å². The molecule has 1 fully saturated rings. The normalized spacial score (nSPS) is 19.4. The monoisotopic (exact) mass is 262 g/mol. The molecule has 106 valence electrons. The summed E-state index contributed by atoms with van der Waals surface area (Å²) in [4.78, 5) is 0. The van der Waals surface area contributed by atoms with Crippen molar-refractivity contribution >= 4 is 0 Å². The SMILES string of the molecule is COc1cc(C)cc(C)c1CCNC1CCCNC1. The van der Waals surface area contributed by atoms with Gasteiger partial charge in [-0.05, 0) is 69.0 Å². The molecule has 1 unspecified atom stereocenters. The molecule has 1 aliphatic rings. The molecular weight excluding hydrogens is 236 g/mol. The minimum absolute atomic E-state index is 0.630. The van der Waals surface area contributed by atoms with Crippen LogP contribution in [0.15, 0.2) is 12.1 Å². The van der Waals surface area contributed by atoms with Gasteiger partial charge in [0, 0.05) is 12.6 Å². The highest BCUT2D eigenvalue weighted by atomic mass is 16.5. The van der Waals surface area contributed by atoms with Crippen LogP contribution in [0.25, 0.3) is 0 Å². The van der Waals surface area contributed by atoms with Gasteiger partial charge in [-0.15, -0.1) is 0 Å². The van der Waals surface area contributed by atoms with Crippen LogP contribution in [-0.4, -0.2) is 32.8 Å². The highest BCUT2D eigenvalue weighted by Crippen LogP contribution is 2.24. The first-order valence-electron chi connectivity index (χ1n) is 7.29. The lowest BCUT2D eigenvalue weighted by atomic mass is 10.0. The molecule has 0 bridgehead atoms.